The first-order chi connectivity index (χ1) is 12.5. The van der Waals surface area contributed by atoms with Crippen molar-refractivity contribution < 1.29 is 13.2 Å². The van der Waals surface area contributed by atoms with Gasteiger partial charge >= 0.3 is 0 Å². The maximum absolute atomic E-state index is 14.9. The summed E-state index contributed by atoms with van der Waals surface area (Å²) in [6, 6.07) is 16.1. The fourth-order valence-electron chi connectivity index (χ4n) is 4.33. The molecule has 5 heteroatoms. The Morgan fingerprint density at radius 1 is 0.846 bits per heavy atom. The highest BCUT2D eigenvalue weighted by Crippen LogP contribution is 2.50. The molecule has 0 radical (unpaired) electrons. The molecule has 138 valence electrons. The normalized spacial score (nSPS) is 25.7. The largest absolute Gasteiger partial charge is 0.371 e. The predicted octanol–water partition coefficient (Wildman–Crippen LogP) is 4.56. The van der Waals surface area contributed by atoms with Crippen LogP contribution >= 0.6 is 0 Å². The van der Waals surface area contributed by atoms with Crippen LogP contribution in [0.4, 0.5) is 18.9 Å². The predicted molar refractivity (Wildman–Crippen MR) is 96.9 cm³/mol. The highest BCUT2D eigenvalue weighted by Gasteiger charge is 2.59. The lowest BCUT2D eigenvalue weighted by Gasteiger charge is -2.46. The third kappa shape index (κ3) is 3.20. The zero-order chi connectivity index (χ0) is 18.2. The number of nitrogens with zero attached hydrogens (tertiary/aromatic N) is 2. The van der Waals surface area contributed by atoms with Gasteiger partial charge in [0.2, 0.25) is 0 Å². The summed E-state index contributed by atoms with van der Waals surface area (Å²) < 4.78 is 42.9. The van der Waals surface area contributed by atoms with Crippen molar-refractivity contribution >= 4 is 5.69 Å². The molecule has 1 atom stereocenters. The summed E-state index contributed by atoms with van der Waals surface area (Å²) >= 11 is 0. The van der Waals surface area contributed by atoms with Crippen LogP contribution in [0.25, 0.3) is 0 Å². The summed E-state index contributed by atoms with van der Waals surface area (Å²) in [7, 11) is 0. The zero-order valence-electron chi connectivity index (χ0n) is 14.7. The number of likely N-dealkylation sites (tertiary alicyclic amines) is 1. The van der Waals surface area contributed by atoms with Crippen molar-refractivity contribution in [3.63, 3.8) is 0 Å². The summed E-state index contributed by atoms with van der Waals surface area (Å²) in [6.07, 6.45) is 0.381. The van der Waals surface area contributed by atoms with Crippen LogP contribution in [-0.2, 0) is 6.54 Å². The summed E-state index contributed by atoms with van der Waals surface area (Å²) in [6.45, 7) is 2.37. The molecule has 0 bridgehead atoms. The first-order valence-electron chi connectivity index (χ1n) is 9.12. The van der Waals surface area contributed by atoms with Crippen molar-refractivity contribution in [2.75, 3.05) is 31.1 Å². The molecule has 2 aliphatic rings. The molecule has 2 fully saturated rings. The van der Waals surface area contributed by atoms with Crippen LogP contribution in [0.15, 0.2) is 54.6 Å². The number of rotatable bonds is 3. The SMILES string of the molecule is Fc1ccc(CN2CCC(F)(F)C3(CCN(c4ccccc4)C3)C2)cc1. The Kier molecular flexibility index (Phi) is 4.43. The van der Waals surface area contributed by atoms with Gasteiger partial charge in [0, 0.05) is 44.8 Å². The van der Waals surface area contributed by atoms with Crippen LogP contribution in [0.3, 0.4) is 0 Å². The van der Waals surface area contributed by atoms with E-state index in [0.29, 0.717) is 39.1 Å². The van der Waals surface area contributed by atoms with Crippen LogP contribution in [0.2, 0.25) is 0 Å². The van der Waals surface area contributed by atoms with Crippen molar-refractivity contribution in [3.05, 3.63) is 66.0 Å². The van der Waals surface area contributed by atoms with E-state index in [4.69, 9.17) is 0 Å². The monoisotopic (exact) mass is 360 g/mol. The van der Waals surface area contributed by atoms with Gasteiger partial charge in [0.15, 0.2) is 0 Å². The molecule has 1 spiro atoms. The van der Waals surface area contributed by atoms with Crippen molar-refractivity contribution in [2.45, 2.75) is 25.3 Å². The average molecular weight is 360 g/mol. The van der Waals surface area contributed by atoms with Gasteiger partial charge in [-0.15, -0.1) is 0 Å². The number of piperidine rings is 1. The molecule has 0 aliphatic carbocycles. The third-order valence-electron chi connectivity index (χ3n) is 5.84. The van der Waals surface area contributed by atoms with Crippen LogP contribution < -0.4 is 4.90 Å². The second-order valence-electron chi connectivity index (χ2n) is 7.58. The number of hydrogen-bond donors (Lipinski definition) is 0. The van der Waals surface area contributed by atoms with Crippen molar-refractivity contribution in [2.24, 2.45) is 5.41 Å². The Labute approximate surface area is 152 Å². The lowest BCUT2D eigenvalue weighted by molar-refractivity contribution is -0.158. The van der Waals surface area contributed by atoms with E-state index in [9.17, 15) is 13.2 Å². The quantitative estimate of drug-likeness (QED) is 0.792. The minimum atomic E-state index is -2.66. The standard InChI is InChI=1S/C21H23F3N2/c22-18-8-6-17(7-9-18)14-25-12-11-21(23,24)20(15-25)10-13-26(16-20)19-4-2-1-3-5-19/h1-9H,10-16H2. The van der Waals surface area contributed by atoms with E-state index in [0.717, 1.165) is 11.3 Å². The molecule has 0 aromatic heterocycles. The van der Waals surface area contributed by atoms with Gasteiger partial charge in [-0.2, -0.15) is 0 Å². The van der Waals surface area contributed by atoms with E-state index >= 15 is 0 Å². The van der Waals surface area contributed by atoms with E-state index < -0.39 is 11.3 Å². The molecule has 0 saturated carbocycles. The number of halogens is 3. The van der Waals surface area contributed by atoms with E-state index in [1.807, 2.05) is 30.3 Å². The average Bonchev–Trinajstić information content (AvgIpc) is 3.07. The molecule has 2 aromatic rings. The first-order valence-corrected chi connectivity index (χ1v) is 9.12. The lowest BCUT2D eigenvalue weighted by atomic mass is 9.75. The second-order valence-corrected chi connectivity index (χ2v) is 7.58. The van der Waals surface area contributed by atoms with Gasteiger partial charge in [-0.3, -0.25) is 4.90 Å². The lowest BCUT2D eigenvalue weighted by Crippen LogP contribution is -2.56. The molecule has 2 saturated heterocycles. The van der Waals surface area contributed by atoms with Gasteiger partial charge in [0.1, 0.15) is 5.82 Å². The highest BCUT2D eigenvalue weighted by atomic mass is 19.3. The molecule has 26 heavy (non-hydrogen) atoms. The molecule has 2 aromatic carbocycles. The van der Waals surface area contributed by atoms with Gasteiger partial charge < -0.3 is 4.90 Å². The van der Waals surface area contributed by atoms with Crippen LogP contribution in [0.5, 0.6) is 0 Å². The minimum Gasteiger partial charge on any atom is -0.371 e. The number of alkyl halides is 2. The molecule has 0 N–H and O–H groups in total. The van der Waals surface area contributed by atoms with Gasteiger partial charge in [-0.1, -0.05) is 30.3 Å². The third-order valence-corrected chi connectivity index (χ3v) is 5.84. The fourth-order valence-corrected chi connectivity index (χ4v) is 4.33. The molecule has 0 amide bonds. The molecule has 2 aliphatic heterocycles. The van der Waals surface area contributed by atoms with E-state index in [-0.39, 0.29) is 12.2 Å². The molecular weight excluding hydrogens is 337 g/mol. The van der Waals surface area contributed by atoms with E-state index in [2.05, 4.69) is 9.80 Å². The Hall–Kier alpha value is -2.01. The van der Waals surface area contributed by atoms with Gasteiger partial charge in [-0.05, 0) is 36.2 Å². The van der Waals surface area contributed by atoms with Gasteiger partial charge in [0.25, 0.3) is 5.92 Å². The minimum absolute atomic E-state index is 0.114. The van der Waals surface area contributed by atoms with E-state index in [1.54, 1.807) is 12.1 Å². The second kappa shape index (κ2) is 6.62. The van der Waals surface area contributed by atoms with Crippen LogP contribution in [0.1, 0.15) is 18.4 Å². The molecule has 1 unspecified atom stereocenters. The van der Waals surface area contributed by atoms with Gasteiger partial charge in [0.05, 0.1) is 5.41 Å². The molecule has 4 rings (SSSR count). The fraction of sp³-hybridized carbons (Fsp3) is 0.429. The van der Waals surface area contributed by atoms with E-state index in [1.165, 1.54) is 12.1 Å². The topological polar surface area (TPSA) is 6.48 Å². The molecular formula is C21H23F3N2. The number of benzene rings is 2. The van der Waals surface area contributed by atoms with Crippen molar-refractivity contribution in [1.82, 2.24) is 4.90 Å². The maximum Gasteiger partial charge on any atom is 0.257 e. The van der Waals surface area contributed by atoms with Crippen LogP contribution in [-0.4, -0.2) is 37.0 Å². The Bertz CT molecular complexity index is 748. The highest BCUT2D eigenvalue weighted by molar-refractivity contribution is 5.48. The van der Waals surface area contributed by atoms with Gasteiger partial charge in [-0.25, -0.2) is 13.2 Å². The molecule has 2 nitrogen and oxygen atoms in total. The Morgan fingerprint density at radius 3 is 2.31 bits per heavy atom. The number of para-hydroxylation sites is 1. The van der Waals surface area contributed by atoms with Crippen molar-refractivity contribution in [3.8, 4) is 0 Å². The summed E-state index contributed by atoms with van der Waals surface area (Å²) in [5.74, 6) is -2.93. The summed E-state index contributed by atoms with van der Waals surface area (Å²) in [5.41, 5.74) is 0.960. The molecule has 2 heterocycles. The zero-order valence-corrected chi connectivity index (χ0v) is 14.7. The smallest absolute Gasteiger partial charge is 0.257 e. The number of anilines is 1. The first kappa shape index (κ1) is 17.4. The van der Waals surface area contributed by atoms with Crippen LogP contribution in [0, 0.1) is 11.2 Å². The maximum atomic E-state index is 14.9. The summed E-state index contributed by atoms with van der Waals surface area (Å²) in [4.78, 5) is 4.18. The number of hydrogen-bond acceptors (Lipinski definition) is 2. The van der Waals surface area contributed by atoms with Crippen molar-refractivity contribution in [1.29, 1.82) is 0 Å². The Morgan fingerprint density at radius 2 is 1.58 bits per heavy atom. The summed E-state index contributed by atoms with van der Waals surface area (Å²) in [5, 5.41) is 0. The Balaban J connectivity index is 1.51.